The summed E-state index contributed by atoms with van der Waals surface area (Å²) >= 11 is 1.94. The summed E-state index contributed by atoms with van der Waals surface area (Å²) < 4.78 is 2.08. The second-order valence-electron chi connectivity index (χ2n) is 5.54. The van der Waals surface area contributed by atoms with Crippen LogP contribution in [0.2, 0.25) is 0 Å². The summed E-state index contributed by atoms with van der Waals surface area (Å²) in [5.41, 5.74) is 6.80. The molecule has 2 heterocycles. The van der Waals surface area contributed by atoms with Crippen LogP contribution in [0.4, 0.5) is 0 Å². The predicted molar refractivity (Wildman–Crippen MR) is 87.2 cm³/mol. The third-order valence-electron chi connectivity index (χ3n) is 4.05. The summed E-state index contributed by atoms with van der Waals surface area (Å²) in [7, 11) is 0. The van der Waals surface area contributed by atoms with Crippen molar-refractivity contribution >= 4 is 11.8 Å². The van der Waals surface area contributed by atoms with Crippen LogP contribution in [-0.4, -0.2) is 21.1 Å². The lowest BCUT2D eigenvalue weighted by Gasteiger charge is -2.22. The van der Waals surface area contributed by atoms with Crippen molar-refractivity contribution in [2.24, 2.45) is 5.84 Å². The molecule has 2 atom stereocenters. The van der Waals surface area contributed by atoms with Gasteiger partial charge in [0, 0.05) is 34.8 Å². The molecule has 3 rings (SSSR count). The molecule has 21 heavy (non-hydrogen) atoms. The van der Waals surface area contributed by atoms with E-state index >= 15 is 0 Å². The van der Waals surface area contributed by atoms with Gasteiger partial charge in [-0.1, -0.05) is 18.2 Å². The Kier molecular flexibility index (Phi) is 4.33. The molecule has 0 saturated heterocycles. The average Bonchev–Trinajstić information content (AvgIpc) is 3.07. The fourth-order valence-corrected chi connectivity index (χ4v) is 4.38. The molecule has 0 saturated carbocycles. The molecule has 0 radical (unpaired) electrons. The largest absolute Gasteiger partial charge is 0.271 e. The van der Waals surface area contributed by atoms with Gasteiger partial charge < -0.3 is 0 Å². The van der Waals surface area contributed by atoms with Crippen LogP contribution in [0, 0.1) is 6.92 Å². The van der Waals surface area contributed by atoms with Crippen LogP contribution in [-0.2, 0) is 19.4 Å². The minimum absolute atomic E-state index is 0.254. The van der Waals surface area contributed by atoms with Gasteiger partial charge in [-0.05, 0) is 38.0 Å². The van der Waals surface area contributed by atoms with Crippen LogP contribution in [0.3, 0.4) is 0 Å². The Morgan fingerprint density at radius 1 is 1.48 bits per heavy atom. The van der Waals surface area contributed by atoms with E-state index in [2.05, 4.69) is 52.5 Å². The molecule has 0 bridgehead atoms. The number of hydrazine groups is 1. The molecule has 4 nitrogen and oxygen atoms in total. The van der Waals surface area contributed by atoms with Crippen LogP contribution in [0.1, 0.15) is 23.9 Å². The molecule has 0 fully saturated rings. The third kappa shape index (κ3) is 3.00. The maximum absolute atomic E-state index is 5.84. The lowest BCUT2D eigenvalue weighted by molar-refractivity contribution is 0.484. The van der Waals surface area contributed by atoms with Crippen molar-refractivity contribution < 1.29 is 0 Å². The van der Waals surface area contributed by atoms with Crippen molar-refractivity contribution in [2.45, 2.75) is 49.4 Å². The summed E-state index contributed by atoms with van der Waals surface area (Å²) in [5, 5.41) is 5.00. The molecule has 0 amide bonds. The second kappa shape index (κ2) is 6.22. The fraction of sp³-hybridized carbons (Fsp3) is 0.438. The maximum atomic E-state index is 5.84. The summed E-state index contributed by atoms with van der Waals surface area (Å²) in [6.45, 7) is 5.07. The van der Waals surface area contributed by atoms with Crippen LogP contribution in [0.5, 0.6) is 0 Å². The fourth-order valence-electron chi connectivity index (χ4n) is 2.99. The lowest BCUT2D eigenvalue weighted by Crippen LogP contribution is -2.44. The molecule has 0 spiro atoms. The van der Waals surface area contributed by atoms with E-state index in [0.717, 1.165) is 25.1 Å². The van der Waals surface area contributed by atoms with Crippen molar-refractivity contribution in [3.63, 3.8) is 0 Å². The second-order valence-corrected chi connectivity index (χ2v) is 6.82. The van der Waals surface area contributed by atoms with Crippen LogP contribution in [0.15, 0.2) is 35.2 Å². The summed E-state index contributed by atoms with van der Waals surface area (Å²) in [5.74, 6) is 5.84. The van der Waals surface area contributed by atoms with E-state index in [4.69, 9.17) is 5.84 Å². The van der Waals surface area contributed by atoms with E-state index in [1.54, 1.807) is 0 Å². The third-order valence-corrected chi connectivity index (χ3v) is 5.50. The highest BCUT2D eigenvalue weighted by molar-refractivity contribution is 8.00. The first-order valence-electron chi connectivity index (χ1n) is 7.45. The molecule has 0 aliphatic carbocycles. The SMILES string of the molecule is CCn1nc(C)cc1CC(NN)C1Cc2ccccc2S1. The number of nitrogens with one attached hydrogen (secondary N) is 1. The summed E-state index contributed by atoms with van der Waals surface area (Å²) in [6, 6.07) is 11.1. The van der Waals surface area contributed by atoms with E-state index in [0.29, 0.717) is 5.25 Å². The van der Waals surface area contributed by atoms with Crippen molar-refractivity contribution in [2.75, 3.05) is 0 Å². The number of rotatable bonds is 5. The number of thioether (sulfide) groups is 1. The van der Waals surface area contributed by atoms with Gasteiger partial charge in [-0.25, -0.2) is 0 Å². The zero-order valence-electron chi connectivity index (χ0n) is 12.5. The van der Waals surface area contributed by atoms with E-state index in [9.17, 15) is 0 Å². The van der Waals surface area contributed by atoms with Crippen LogP contribution in [0.25, 0.3) is 0 Å². The molecule has 1 aliphatic rings. The highest BCUT2D eigenvalue weighted by atomic mass is 32.2. The van der Waals surface area contributed by atoms with Crippen molar-refractivity contribution in [3.05, 3.63) is 47.3 Å². The Morgan fingerprint density at radius 2 is 2.29 bits per heavy atom. The van der Waals surface area contributed by atoms with Gasteiger partial charge in [-0.15, -0.1) is 11.8 Å². The highest BCUT2D eigenvalue weighted by Crippen LogP contribution is 2.38. The first-order chi connectivity index (χ1) is 10.2. The normalized spacial score (nSPS) is 18.7. The summed E-state index contributed by atoms with van der Waals surface area (Å²) in [4.78, 5) is 1.39. The monoisotopic (exact) mass is 302 g/mol. The summed E-state index contributed by atoms with van der Waals surface area (Å²) in [6.07, 6.45) is 1.99. The molecule has 2 unspecified atom stereocenters. The maximum Gasteiger partial charge on any atom is 0.0596 e. The van der Waals surface area contributed by atoms with Gasteiger partial charge in [0.05, 0.1) is 5.69 Å². The Bertz CT molecular complexity index is 597. The number of aryl methyl sites for hydroxylation is 2. The van der Waals surface area contributed by atoms with Gasteiger partial charge in [0.1, 0.15) is 0 Å². The van der Waals surface area contributed by atoms with Gasteiger partial charge in [0.2, 0.25) is 0 Å². The van der Waals surface area contributed by atoms with Crippen LogP contribution < -0.4 is 11.3 Å². The number of hydrogen-bond donors (Lipinski definition) is 2. The molecule has 5 heteroatoms. The van der Waals surface area contributed by atoms with Gasteiger partial charge in [0.25, 0.3) is 0 Å². The molecule has 112 valence electrons. The number of hydrogen-bond acceptors (Lipinski definition) is 4. The first kappa shape index (κ1) is 14.6. The molecule has 1 aliphatic heterocycles. The van der Waals surface area contributed by atoms with E-state index in [-0.39, 0.29) is 6.04 Å². The van der Waals surface area contributed by atoms with E-state index in [1.807, 2.05) is 18.7 Å². The van der Waals surface area contributed by atoms with E-state index < -0.39 is 0 Å². The zero-order valence-corrected chi connectivity index (χ0v) is 13.4. The predicted octanol–water partition coefficient (Wildman–Crippen LogP) is 2.30. The molecule has 1 aromatic carbocycles. The minimum atomic E-state index is 0.254. The van der Waals surface area contributed by atoms with Gasteiger partial charge in [0.15, 0.2) is 0 Å². The Morgan fingerprint density at radius 3 is 3.00 bits per heavy atom. The van der Waals surface area contributed by atoms with Gasteiger partial charge >= 0.3 is 0 Å². The molecular formula is C16H22N4S. The zero-order chi connectivity index (χ0) is 14.8. The number of benzene rings is 1. The number of fused-ring (bicyclic) bond motifs is 1. The number of aromatic nitrogens is 2. The number of nitrogens with zero attached hydrogens (tertiary/aromatic N) is 2. The number of nitrogens with two attached hydrogens (primary N) is 1. The smallest absolute Gasteiger partial charge is 0.0596 e. The Hall–Kier alpha value is -1.30. The molecule has 2 aromatic rings. The quantitative estimate of drug-likeness (QED) is 0.657. The highest BCUT2D eigenvalue weighted by Gasteiger charge is 2.29. The topological polar surface area (TPSA) is 55.9 Å². The van der Waals surface area contributed by atoms with Gasteiger partial charge in [-0.3, -0.25) is 16.0 Å². The van der Waals surface area contributed by atoms with E-state index in [1.165, 1.54) is 16.2 Å². The molecular weight excluding hydrogens is 280 g/mol. The standard InChI is InChI=1S/C16H22N4S/c1-3-20-13(8-11(2)19-20)10-14(18-17)16-9-12-6-4-5-7-15(12)21-16/h4-8,14,16,18H,3,9-10,17H2,1-2H3. The van der Waals surface area contributed by atoms with Crippen molar-refractivity contribution in [1.29, 1.82) is 0 Å². The Balaban J connectivity index is 1.75. The van der Waals surface area contributed by atoms with Crippen molar-refractivity contribution in [3.8, 4) is 0 Å². The van der Waals surface area contributed by atoms with Crippen molar-refractivity contribution in [1.82, 2.24) is 15.2 Å². The Labute approximate surface area is 130 Å². The molecule has 3 N–H and O–H groups in total. The average molecular weight is 302 g/mol. The first-order valence-corrected chi connectivity index (χ1v) is 8.33. The minimum Gasteiger partial charge on any atom is -0.271 e. The van der Waals surface area contributed by atoms with Crippen LogP contribution >= 0.6 is 11.8 Å². The molecule has 1 aromatic heterocycles. The lowest BCUT2D eigenvalue weighted by atomic mass is 10.0. The van der Waals surface area contributed by atoms with Gasteiger partial charge in [-0.2, -0.15) is 5.10 Å².